The number of rotatable bonds is 5. The minimum absolute atomic E-state index is 0. The molecule has 166 valence electrons. The van der Waals surface area contributed by atoms with Crippen LogP contribution in [-0.4, -0.2) is 59.8 Å². The zero-order chi connectivity index (χ0) is 21.5. The summed E-state index contributed by atoms with van der Waals surface area (Å²) in [7, 11) is 1.72. The molecule has 2 aromatic carbocycles. The molecule has 31 heavy (non-hydrogen) atoms. The molecule has 0 radical (unpaired) electrons. The zero-order valence-corrected chi connectivity index (χ0v) is 20.2. The molecule has 0 aromatic heterocycles. The van der Waals surface area contributed by atoms with Crippen LogP contribution in [0.5, 0.6) is 0 Å². The van der Waals surface area contributed by atoms with E-state index in [4.69, 9.17) is 11.6 Å². The Morgan fingerprint density at radius 2 is 1.74 bits per heavy atom. The van der Waals surface area contributed by atoms with Gasteiger partial charge in [-0.05, 0) is 23.3 Å². The summed E-state index contributed by atoms with van der Waals surface area (Å²) in [5, 5.41) is 14.7. The Morgan fingerprint density at radius 3 is 2.32 bits per heavy atom. The van der Waals surface area contributed by atoms with Gasteiger partial charge in [-0.25, -0.2) is 0 Å². The van der Waals surface area contributed by atoms with Crippen molar-refractivity contribution in [2.45, 2.75) is 13.0 Å². The summed E-state index contributed by atoms with van der Waals surface area (Å²) in [6.07, 6.45) is 0.341. The van der Waals surface area contributed by atoms with Gasteiger partial charge in [-0.3, -0.25) is 19.9 Å². The zero-order valence-electron chi connectivity index (χ0n) is 17.2. The Hall–Kier alpha value is -2.40. The molecule has 1 aliphatic rings. The number of benzene rings is 2. The van der Waals surface area contributed by atoms with Gasteiger partial charge in [0.15, 0.2) is 5.96 Å². The number of nitrogens with one attached hydrogen (secondary N) is 1. The van der Waals surface area contributed by atoms with Crippen LogP contribution in [0.25, 0.3) is 0 Å². The number of carbonyl (C=O) groups excluding carboxylic acids is 1. The fourth-order valence-electron chi connectivity index (χ4n) is 3.35. The van der Waals surface area contributed by atoms with Crippen molar-refractivity contribution in [3.8, 4) is 0 Å². The van der Waals surface area contributed by atoms with Crippen LogP contribution in [0.1, 0.15) is 11.1 Å². The van der Waals surface area contributed by atoms with Crippen LogP contribution in [0.4, 0.5) is 5.69 Å². The molecule has 1 N–H and O–H groups in total. The average Bonchev–Trinajstić information content (AvgIpc) is 2.75. The smallest absolute Gasteiger partial charge is 0.269 e. The molecule has 0 spiro atoms. The van der Waals surface area contributed by atoms with Crippen molar-refractivity contribution in [2.75, 3.05) is 33.2 Å². The Kier molecular flexibility index (Phi) is 9.50. The third-order valence-electron chi connectivity index (χ3n) is 4.99. The van der Waals surface area contributed by atoms with E-state index in [1.807, 2.05) is 23.1 Å². The van der Waals surface area contributed by atoms with Crippen molar-refractivity contribution in [1.82, 2.24) is 15.1 Å². The summed E-state index contributed by atoms with van der Waals surface area (Å²) in [6.45, 7) is 3.12. The minimum atomic E-state index is -0.413. The lowest BCUT2D eigenvalue weighted by molar-refractivity contribution is -0.384. The number of piperazine rings is 1. The molecule has 3 rings (SSSR count). The first-order chi connectivity index (χ1) is 14.5. The van der Waals surface area contributed by atoms with Gasteiger partial charge in [0, 0.05) is 56.9 Å². The van der Waals surface area contributed by atoms with Crippen LogP contribution in [0.2, 0.25) is 5.02 Å². The van der Waals surface area contributed by atoms with Gasteiger partial charge in [0.2, 0.25) is 5.91 Å². The van der Waals surface area contributed by atoms with Crippen LogP contribution in [0.3, 0.4) is 0 Å². The fraction of sp³-hybridized carbons (Fsp3) is 0.333. The van der Waals surface area contributed by atoms with E-state index in [1.54, 1.807) is 25.2 Å². The number of non-ortho nitro benzene ring substituents is 1. The lowest BCUT2D eigenvalue weighted by Crippen LogP contribution is -2.53. The van der Waals surface area contributed by atoms with E-state index in [2.05, 4.69) is 15.2 Å². The number of guanidine groups is 1. The van der Waals surface area contributed by atoms with Gasteiger partial charge in [0.25, 0.3) is 5.69 Å². The molecule has 1 fully saturated rings. The maximum atomic E-state index is 12.6. The number of nitro benzene ring substituents is 1. The predicted octanol–water partition coefficient (Wildman–Crippen LogP) is 3.33. The third-order valence-corrected chi connectivity index (χ3v) is 5.22. The van der Waals surface area contributed by atoms with Crippen molar-refractivity contribution in [2.24, 2.45) is 4.99 Å². The number of hydrogen-bond acceptors (Lipinski definition) is 4. The standard InChI is InChI=1S/C21H24ClN5O3.HI/c1-23-21(24-15-16-5-7-19(8-6-16)27(29)30)26-11-9-25(10-12-26)20(28)14-17-3-2-4-18(22)13-17;/h2-8,13H,9-12,14-15H2,1H3,(H,23,24);1H. The summed E-state index contributed by atoms with van der Waals surface area (Å²) in [6, 6.07) is 13.8. The van der Waals surface area contributed by atoms with E-state index in [1.165, 1.54) is 12.1 Å². The highest BCUT2D eigenvalue weighted by Crippen LogP contribution is 2.14. The SMILES string of the molecule is CN=C(NCc1ccc([N+](=O)[O-])cc1)N1CCN(C(=O)Cc2cccc(Cl)c2)CC1.I. The highest BCUT2D eigenvalue weighted by molar-refractivity contribution is 14.0. The second-order valence-corrected chi connectivity index (χ2v) is 7.44. The molecular formula is C21H25ClIN5O3. The Bertz CT molecular complexity index is 931. The molecular weight excluding hydrogens is 533 g/mol. The molecule has 0 atom stereocenters. The molecule has 10 heteroatoms. The van der Waals surface area contributed by atoms with E-state index in [9.17, 15) is 14.9 Å². The first kappa shape index (κ1) is 24.9. The van der Waals surface area contributed by atoms with Crippen molar-refractivity contribution in [3.05, 3.63) is 74.8 Å². The number of carbonyl (C=O) groups is 1. The van der Waals surface area contributed by atoms with Crippen LogP contribution >= 0.6 is 35.6 Å². The van der Waals surface area contributed by atoms with Crippen molar-refractivity contribution >= 4 is 53.1 Å². The molecule has 0 bridgehead atoms. The summed E-state index contributed by atoms with van der Waals surface area (Å²) in [4.78, 5) is 31.2. The van der Waals surface area contributed by atoms with Crippen LogP contribution in [-0.2, 0) is 17.8 Å². The van der Waals surface area contributed by atoms with Gasteiger partial charge in [-0.1, -0.05) is 35.9 Å². The van der Waals surface area contributed by atoms with E-state index < -0.39 is 4.92 Å². The van der Waals surface area contributed by atoms with Crippen molar-refractivity contribution in [3.63, 3.8) is 0 Å². The van der Waals surface area contributed by atoms with E-state index in [0.29, 0.717) is 44.2 Å². The van der Waals surface area contributed by atoms with E-state index in [0.717, 1.165) is 17.1 Å². The predicted molar refractivity (Wildman–Crippen MR) is 132 cm³/mol. The van der Waals surface area contributed by atoms with Crippen LogP contribution < -0.4 is 5.32 Å². The summed E-state index contributed by atoms with van der Waals surface area (Å²) in [5.74, 6) is 0.834. The molecule has 1 heterocycles. The van der Waals surface area contributed by atoms with Gasteiger partial charge in [0.1, 0.15) is 0 Å². The van der Waals surface area contributed by atoms with Gasteiger partial charge in [-0.15, -0.1) is 24.0 Å². The van der Waals surface area contributed by atoms with Gasteiger partial charge >= 0.3 is 0 Å². The summed E-state index contributed by atoms with van der Waals surface area (Å²) in [5.41, 5.74) is 1.91. The van der Waals surface area contributed by atoms with Gasteiger partial charge in [-0.2, -0.15) is 0 Å². The second kappa shape index (κ2) is 11.8. The molecule has 0 aliphatic carbocycles. The lowest BCUT2D eigenvalue weighted by Gasteiger charge is -2.36. The number of nitro groups is 1. The molecule has 1 amide bonds. The fourth-order valence-corrected chi connectivity index (χ4v) is 3.56. The Labute approximate surface area is 203 Å². The van der Waals surface area contributed by atoms with Crippen LogP contribution in [0.15, 0.2) is 53.5 Å². The first-order valence-electron chi connectivity index (χ1n) is 9.67. The maximum absolute atomic E-state index is 12.6. The topological polar surface area (TPSA) is 91.1 Å². The maximum Gasteiger partial charge on any atom is 0.269 e. The highest BCUT2D eigenvalue weighted by Gasteiger charge is 2.23. The number of nitrogens with zero attached hydrogens (tertiary/aromatic N) is 4. The summed E-state index contributed by atoms with van der Waals surface area (Å²) < 4.78 is 0. The Morgan fingerprint density at radius 1 is 1.10 bits per heavy atom. The second-order valence-electron chi connectivity index (χ2n) is 7.00. The van der Waals surface area contributed by atoms with Crippen molar-refractivity contribution in [1.29, 1.82) is 0 Å². The lowest BCUT2D eigenvalue weighted by atomic mass is 10.1. The third kappa shape index (κ3) is 7.06. The quantitative estimate of drug-likeness (QED) is 0.200. The van der Waals surface area contributed by atoms with Gasteiger partial charge < -0.3 is 15.1 Å². The largest absolute Gasteiger partial charge is 0.352 e. The van der Waals surface area contributed by atoms with Gasteiger partial charge in [0.05, 0.1) is 11.3 Å². The molecule has 2 aromatic rings. The molecule has 0 saturated carbocycles. The van der Waals surface area contributed by atoms with E-state index >= 15 is 0 Å². The summed E-state index contributed by atoms with van der Waals surface area (Å²) >= 11 is 6.00. The van der Waals surface area contributed by atoms with Crippen molar-refractivity contribution < 1.29 is 9.72 Å². The minimum Gasteiger partial charge on any atom is -0.352 e. The number of aliphatic imine (C=N–C) groups is 1. The monoisotopic (exact) mass is 557 g/mol. The number of halogens is 2. The highest BCUT2D eigenvalue weighted by atomic mass is 127. The first-order valence-corrected chi connectivity index (χ1v) is 10.0. The molecule has 1 aliphatic heterocycles. The van der Waals surface area contributed by atoms with E-state index in [-0.39, 0.29) is 35.6 Å². The molecule has 8 nitrogen and oxygen atoms in total. The normalized spacial score (nSPS) is 14.1. The molecule has 0 unspecified atom stereocenters. The number of amides is 1. The Balaban J connectivity index is 0.00000341. The average molecular weight is 558 g/mol. The number of hydrogen-bond donors (Lipinski definition) is 1. The van der Waals surface area contributed by atoms with Crippen LogP contribution in [0, 0.1) is 10.1 Å². The molecule has 1 saturated heterocycles.